The number of halogens is 2. The predicted octanol–water partition coefficient (Wildman–Crippen LogP) is 4.26. The Labute approximate surface area is 142 Å². The maximum absolute atomic E-state index is 9.97. The largest absolute Gasteiger partial charge is 0.506 e. The minimum atomic E-state index is 0.0216. The van der Waals surface area contributed by atoms with Crippen molar-refractivity contribution in [2.75, 3.05) is 12.4 Å². The van der Waals surface area contributed by atoms with Gasteiger partial charge < -0.3 is 15.2 Å². The fourth-order valence-corrected chi connectivity index (χ4v) is 2.79. The highest BCUT2D eigenvalue weighted by Gasteiger charge is 2.09. The molecule has 0 radical (unpaired) electrons. The van der Waals surface area contributed by atoms with E-state index in [1.54, 1.807) is 13.2 Å². The van der Waals surface area contributed by atoms with E-state index in [4.69, 9.17) is 27.9 Å². The number of phenols is 1. The van der Waals surface area contributed by atoms with Crippen molar-refractivity contribution in [3.8, 4) is 11.6 Å². The molecule has 0 aliphatic rings. The van der Waals surface area contributed by atoms with Crippen molar-refractivity contribution < 1.29 is 9.84 Å². The van der Waals surface area contributed by atoms with Gasteiger partial charge in [0.15, 0.2) is 0 Å². The molecule has 0 spiro atoms. The van der Waals surface area contributed by atoms with Crippen LogP contribution in [0, 0.1) is 0 Å². The molecule has 2 N–H and O–H groups in total. The number of hydrogen-bond donors (Lipinski definition) is 2. The molecule has 0 unspecified atom stereocenters. The highest BCUT2D eigenvalue weighted by atomic mass is 35.5. The molecule has 0 amide bonds. The third-order valence-corrected chi connectivity index (χ3v) is 3.89. The Bertz CT molecular complexity index is 871. The number of hydrogen-bond acceptors (Lipinski definition) is 5. The number of methoxy groups -OCH3 is 1. The number of phenolic OH excluding ortho intramolecular Hbond substituents is 1. The Balaban J connectivity index is 1.85. The van der Waals surface area contributed by atoms with Gasteiger partial charge in [0.1, 0.15) is 12.1 Å². The Morgan fingerprint density at radius 1 is 1.17 bits per heavy atom. The van der Waals surface area contributed by atoms with Crippen molar-refractivity contribution in [2.45, 2.75) is 6.54 Å². The van der Waals surface area contributed by atoms with E-state index in [1.807, 2.05) is 18.2 Å². The van der Waals surface area contributed by atoms with Gasteiger partial charge in [0.2, 0.25) is 5.88 Å². The van der Waals surface area contributed by atoms with Crippen LogP contribution in [-0.4, -0.2) is 22.2 Å². The van der Waals surface area contributed by atoms with Gasteiger partial charge in [0.25, 0.3) is 0 Å². The van der Waals surface area contributed by atoms with Gasteiger partial charge in [-0.25, -0.2) is 9.97 Å². The molecule has 7 heteroatoms. The van der Waals surface area contributed by atoms with E-state index in [2.05, 4.69) is 15.3 Å². The molecular formula is C16H13Cl2N3O2. The standard InChI is InChI=1S/C16H13Cl2N3O2/c1-23-16-12-3-2-11(6-14(12)20-8-21-16)19-7-9-4-10(17)5-13(18)15(9)22/h2-6,8,19,22H,7H2,1H3. The molecule has 0 saturated carbocycles. The Morgan fingerprint density at radius 3 is 2.78 bits per heavy atom. The smallest absolute Gasteiger partial charge is 0.224 e. The summed E-state index contributed by atoms with van der Waals surface area (Å²) in [4.78, 5) is 8.29. The molecular weight excluding hydrogens is 337 g/mol. The summed E-state index contributed by atoms with van der Waals surface area (Å²) < 4.78 is 5.20. The number of nitrogens with one attached hydrogen (secondary N) is 1. The lowest BCUT2D eigenvalue weighted by Gasteiger charge is -2.11. The van der Waals surface area contributed by atoms with Crippen LogP contribution in [0.2, 0.25) is 10.0 Å². The zero-order valence-electron chi connectivity index (χ0n) is 12.2. The zero-order valence-corrected chi connectivity index (χ0v) is 13.7. The van der Waals surface area contributed by atoms with Gasteiger partial charge in [-0.1, -0.05) is 23.2 Å². The van der Waals surface area contributed by atoms with Gasteiger partial charge >= 0.3 is 0 Å². The molecule has 0 saturated heterocycles. The number of anilines is 1. The van der Waals surface area contributed by atoms with Crippen LogP contribution in [0.25, 0.3) is 10.9 Å². The highest BCUT2D eigenvalue weighted by molar-refractivity contribution is 6.35. The van der Waals surface area contributed by atoms with Gasteiger partial charge in [-0.05, 0) is 30.3 Å². The molecule has 0 aliphatic carbocycles. The first-order valence-corrected chi connectivity index (χ1v) is 7.53. The molecule has 0 bridgehead atoms. The van der Waals surface area contributed by atoms with Gasteiger partial charge in [-0.2, -0.15) is 0 Å². The fraction of sp³-hybridized carbons (Fsp3) is 0.125. The molecule has 1 aromatic heterocycles. The Hall–Kier alpha value is -2.24. The highest BCUT2D eigenvalue weighted by Crippen LogP contribution is 2.32. The van der Waals surface area contributed by atoms with Crippen LogP contribution >= 0.6 is 23.2 Å². The van der Waals surface area contributed by atoms with Crippen LogP contribution in [0.1, 0.15) is 5.56 Å². The van der Waals surface area contributed by atoms with Crippen LogP contribution in [-0.2, 0) is 6.54 Å². The summed E-state index contributed by atoms with van der Waals surface area (Å²) in [6, 6.07) is 8.81. The van der Waals surface area contributed by atoms with Crippen molar-refractivity contribution >= 4 is 39.8 Å². The third-order valence-electron chi connectivity index (χ3n) is 3.38. The quantitative estimate of drug-likeness (QED) is 0.736. The summed E-state index contributed by atoms with van der Waals surface area (Å²) in [5.74, 6) is 0.550. The maximum Gasteiger partial charge on any atom is 0.224 e. The second-order valence-electron chi connectivity index (χ2n) is 4.86. The second kappa shape index (κ2) is 6.48. The predicted molar refractivity (Wildman–Crippen MR) is 91.5 cm³/mol. The van der Waals surface area contributed by atoms with Crippen molar-refractivity contribution in [3.05, 3.63) is 52.3 Å². The Morgan fingerprint density at radius 2 is 2.00 bits per heavy atom. The Kier molecular flexibility index (Phi) is 4.41. The molecule has 0 atom stereocenters. The first-order valence-electron chi connectivity index (χ1n) is 6.78. The number of ether oxygens (including phenoxy) is 1. The molecule has 0 fully saturated rings. The van der Waals surface area contributed by atoms with E-state index < -0.39 is 0 Å². The molecule has 3 aromatic rings. The maximum atomic E-state index is 9.97. The third kappa shape index (κ3) is 3.25. The molecule has 3 rings (SSSR count). The zero-order chi connectivity index (χ0) is 16.4. The van der Waals surface area contributed by atoms with E-state index in [0.29, 0.717) is 23.0 Å². The number of aromatic nitrogens is 2. The van der Waals surface area contributed by atoms with Crippen LogP contribution < -0.4 is 10.1 Å². The number of aromatic hydroxyl groups is 1. The number of fused-ring (bicyclic) bond motifs is 1. The SMILES string of the molecule is COc1ncnc2cc(NCc3cc(Cl)cc(Cl)c3O)ccc12. The second-order valence-corrected chi connectivity index (χ2v) is 5.71. The first kappa shape index (κ1) is 15.6. The first-order chi connectivity index (χ1) is 11.1. The lowest BCUT2D eigenvalue weighted by Crippen LogP contribution is -2.00. The van der Waals surface area contributed by atoms with Crippen LogP contribution in [0.4, 0.5) is 5.69 Å². The molecule has 5 nitrogen and oxygen atoms in total. The van der Waals surface area contributed by atoms with E-state index in [9.17, 15) is 5.11 Å². The summed E-state index contributed by atoms with van der Waals surface area (Å²) in [5.41, 5.74) is 2.21. The lowest BCUT2D eigenvalue weighted by molar-refractivity contribution is 0.402. The van der Waals surface area contributed by atoms with Crippen LogP contribution in [0.3, 0.4) is 0 Å². The summed E-state index contributed by atoms with van der Waals surface area (Å²) in [7, 11) is 1.57. The van der Waals surface area contributed by atoms with E-state index in [-0.39, 0.29) is 10.8 Å². The van der Waals surface area contributed by atoms with Gasteiger partial charge in [0.05, 0.1) is 23.0 Å². The van der Waals surface area contributed by atoms with Gasteiger partial charge in [-0.15, -0.1) is 0 Å². The monoisotopic (exact) mass is 349 g/mol. The molecule has 0 aliphatic heterocycles. The van der Waals surface area contributed by atoms with Crippen LogP contribution in [0.15, 0.2) is 36.7 Å². The van der Waals surface area contributed by atoms with E-state index in [0.717, 1.165) is 16.6 Å². The number of nitrogens with zero attached hydrogens (tertiary/aromatic N) is 2. The minimum absolute atomic E-state index is 0.0216. The van der Waals surface area contributed by atoms with Crippen LogP contribution in [0.5, 0.6) is 11.6 Å². The van der Waals surface area contributed by atoms with E-state index in [1.165, 1.54) is 12.4 Å². The summed E-state index contributed by atoms with van der Waals surface area (Å²) in [5, 5.41) is 14.7. The summed E-state index contributed by atoms with van der Waals surface area (Å²) in [6.07, 6.45) is 1.45. The molecule has 2 aromatic carbocycles. The lowest BCUT2D eigenvalue weighted by atomic mass is 10.2. The normalized spacial score (nSPS) is 10.7. The van der Waals surface area contributed by atoms with Crippen molar-refractivity contribution in [2.24, 2.45) is 0 Å². The van der Waals surface area contributed by atoms with Crippen molar-refractivity contribution in [1.29, 1.82) is 0 Å². The van der Waals surface area contributed by atoms with E-state index >= 15 is 0 Å². The van der Waals surface area contributed by atoms with Crippen molar-refractivity contribution in [3.63, 3.8) is 0 Å². The summed E-state index contributed by atoms with van der Waals surface area (Å²) in [6.45, 7) is 0.375. The number of rotatable bonds is 4. The molecule has 1 heterocycles. The number of benzene rings is 2. The fourth-order valence-electron chi connectivity index (χ4n) is 2.26. The summed E-state index contributed by atoms with van der Waals surface area (Å²) >= 11 is 11.9. The molecule has 118 valence electrons. The average molecular weight is 350 g/mol. The van der Waals surface area contributed by atoms with Gasteiger partial charge in [0, 0.05) is 22.8 Å². The topological polar surface area (TPSA) is 67.3 Å². The minimum Gasteiger partial charge on any atom is -0.506 e. The van der Waals surface area contributed by atoms with Crippen molar-refractivity contribution in [1.82, 2.24) is 9.97 Å². The van der Waals surface area contributed by atoms with Gasteiger partial charge in [-0.3, -0.25) is 0 Å². The molecule has 23 heavy (non-hydrogen) atoms. The average Bonchev–Trinajstić information content (AvgIpc) is 2.55.